The first-order chi connectivity index (χ1) is 11.9. The van der Waals surface area contributed by atoms with E-state index in [2.05, 4.69) is 54.7 Å². The third-order valence-electron chi connectivity index (χ3n) is 3.05. The molecule has 0 fully saturated rings. The van der Waals surface area contributed by atoms with E-state index in [1.807, 2.05) is 0 Å². The van der Waals surface area contributed by atoms with Gasteiger partial charge in [-0.15, -0.1) is 0 Å². The van der Waals surface area contributed by atoms with E-state index in [9.17, 15) is 9.59 Å². The van der Waals surface area contributed by atoms with E-state index in [-0.39, 0.29) is 5.11 Å². The molecule has 3 N–H and O–H groups in total. The Balaban J connectivity index is 1.91. The van der Waals surface area contributed by atoms with Crippen LogP contribution in [-0.4, -0.2) is 24.0 Å². The van der Waals surface area contributed by atoms with Crippen LogP contribution in [0.1, 0.15) is 20.7 Å². The summed E-state index contributed by atoms with van der Waals surface area (Å²) in [7, 11) is 1.56. The monoisotopic (exact) mass is 533 g/mol. The smallest absolute Gasteiger partial charge is 0.269 e. The maximum atomic E-state index is 12.1. The summed E-state index contributed by atoms with van der Waals surface area (Å²) < 4.78 is 6.60. The molecule has 2 rings (SSSR count). The van der Waals surface area contributed by atoms with Gasteiger partial charge in [0.1, 0.15) is 5.75 Å². The molecule has 0 aliphatic carbocycles. The molecular formula is C16H13BrIN3O3S. The molecule has 0 heterocycles. The second kappa shape index (κ2) is 9.11. The number of rotatable bonds is 3. The van der Waals surface area contributed by atoms with Crippen molar-refractivity contribution in [1.29, 1.82) is 0 Å². The third-order valence-corrected chi connectivity index (χ3v) is 4.79. The predicted octanol–water partition coefficient (Wildman–Crippen LogP) is 3.01. The van der Waals surface area contributed by atoms with Gasteiger partial charge in [0.25, 0.3) is 11.8 Å². The summed E-state index contributed by atoms with van der Waals surface area (Å²) in [6.45, 7) is 0. The van der Waals surface area contributed by atoms with E-state index in [0.29, 0.717) is 21.3 Å². The minimum Gasteiger partial charge on any atom is -0.496 e. The first kappa shape index (κ1) is 19.6. The molecule has 0 radical (unpaired) electrons. The van der Waals surface area contributed by atoms with Crippen LogP contribution in [0.4, 0.5) is 0 Å². The van der Waals surface area contributed by atoms with Crippen molar-refractivity contribution in [3.05, 3.63) is 61.6 Å². The third kappa shape index (κ3) is 5.38. The summed E-state index contributed by atoms with van der Waals surface area (Å²) in [5, 5.41) is 2.47. The molecule has 6 nitrogen and oxygen atoms in total. The van der Waals surface area contributed by atoms with Crippen molar-refractivity contribution in [2.45, 2.75) is 0 Å². The largest absolute Gasteiger partial charge is 0.496 e. The van der Waals surface area contributed by atoms with Gasteiger partial charge in [0.2, 0.25) is 0 Å². The Hall–Kier alpha value is -1.72. The van der Waals surface area contributed by atoms with E-state index in [0.717, 1.165) is 3.57 Å². The van der Waals surface area contributed by atoms with Crippen molar-refractivity contribution in [3.63, 3.8) is 0 Å². The van der Waals surface area contributed by atoms with Crippen molar-refractivity contribution < 1.29 is 14.3 Å². The number of nitrogens with one attached hydrogen (secondary N) is 3. The Morgan fingerprint density at radius 2 is 1.84 bits per heavy atom. The second-order valence-corrected chi connectivity index (χ2v) is 7.12. The van der Waals surface area contributed by atoms with Crippen molar-refractivity contribution in [2.24, 2.45) is 0 Å². The number of carbonyl (C=O) groups is 2. The van der Waals surface area contributed by atoms with Gasteiger partial charge in [-0.25, -0.2) is 0 Å². The number of ether oxygens (including phenoxy) is 1. The number of halogens is 2. The fourth-order valence-corrected chi connectivity index (χ4v) is 3.18. The average molecular weight is 534 g/mol. The van der Waals surface area contributed by atoms with Crippen molar-refractivity contribution >= 4 is 67.7 Å². The normalized spacial score (nSPS) is 9.88. The standard InChI is InChI=1S/C16H13BrIN3O3S/c1-24-13-7-6-9(8-12(13)18)14(22)20-21-16(25)19-15(23)10-4-2-3-5-11(10)17/h2-8H,1H3,(H,20,22)(H2,19,21,23,25). The van der Waals surface area contributed by atoms with Crippen LogP contribution in [0.15, 0.2) is 46.9 Å². The molecule has 0 spiro atoms. The number of benzene rings is 2. The molecule has 0 aliphatic heterocycles. The highest BCUT2D eigenvalue weighted by Crippen LogP contribution is 2.21. The fourth-order valence-electron chi connectivity index (χ4n) is 1.84. The fraction of sp³-hybridized carbons (Fsp3) is 0.0625. The van der Waals surface area contributed by atoms with Crippen molar-refractivity contribution in [2.75, 3.05) is 7.11 Å². The lowest BCUT2D eigenvalue weighted by molar-refractivity contribution is 0.0934. The van der Waals surface area contributed by atoms with Gasteiger partial charge < -0.3 is 4.74 Å². The molecule has 25 heavy (non-hydrogen) atoms. The number of carbonyl (C=O) groups excluding carboxylic acids is 2. The molecule has 2 aromatic carbocycles. The molecular weight excluding hydrogens is 521 g/mol. The Kier molecular flexibility index (Phi) is 7.14. The van der Waals surface area contributed by atoms with E-state index >= 15 is 0 Å². The number of hydrogen-bond acceptors (Lipinski definition) is 4. The maximum Gasteiger partial charge on any atom is 0.269 e. The number of thiocarbonyl (C=S) groups is 1. The van der Waals surface area contributed by atoms with Gasteiger partial charge in [-0.1, -0.05) is 12.1 Å². The van der Waals surface area contributed by atoms with Gasteiger partial charge in [-0.2, -0.15) is 0 Å². The van der Waals surface area contributed by atoms with Gasteiger partial charge in [0.05, 0.1) is 16.2 Å². The van der Waals surface area contributed by atoms with Crippen LogP contribution in [0.2, 0.25) is 0 Å². The zero-order chi connectivity index (χ0) is 18.4. The molecule has 0 saturated heterocycles. The first-order valence-electron chi connectivity index (χ1n) is 6.92. The maximum absolute atomic E-state index is 12.1. The molecule has 0 atom stereocenters. The molecule has 0 bridgehead atoms. The zero-order valence-electron chi connectivity index (χ0n) is 12.9. The molecule has 2 aromatic rings. The first-order valence-corrected chi connectivity index (χ1v) is 9.20. The highest BCUT2D eigenvalue weighted by molar-refractivity contribution is 14.1. The Morgan fingerprint density at radius 3 is 2.48 bits per heavy atom. The number of methoxy groups -OCH3 is 1. The average Bonchev–Trinajstić information content (AvgIpc) is 2.59. The Bertz CT molecular complexity index is 832. The lowest BCUT2D eigenvalue weighted by Crippen LogP contribution is -2.48. The lowest BCUT2D eigenvalue weighted by Gasteiger charge is -2.12. The van der Waals surface area contributed by atoms with Gasteiger partial charge in [-0.3, -0.25) is 25.8 Å². The van der Waals surface area contributed by atoms with E-state index in [4.69, 9.17) is 17.0 Å². The van der Waals surface area contributed by atoms with Crippen LogP contribution < -0.4 is 20.9 Å². The molecule has 9 heteroatoms. The van der Waals surface area contributed by atoms with Crippen LogP contribution in [-0.2, 0) is 0 Å². The van der Waals surface area contributed by atoms with Crippen LogP contribution in [0.5, 0.6) is 5.75 Å². The summed E-state index contributed by atoms with van der Waals surface area (Å²) in [5.74, 6) is -0.0994. The minimum atomic E-state index is -0.391. The number of hydrogen-bond donors (Lipinski definition) is 3. The number of hydrazine groups is 1. The topological polar surface area (TPSA) is 79.5 Å². The van der Waals surface area contributed by atoms with Crippen molar-refractivity contribution in [1.82, 2.24) is 16.2 Å². The van der Waals surface area contributed by atoms with Gasteiger partial charge >= 0.3 is 0 Å². The minimum absolute atomic E-state index is 0.0164. The summed E-state index contributed by atoms with van der Waals surface area (Å²) in [5.41, 5.74) is 5.80. The van der Waals surface area contributed by atoms with Crippen LogP contribution in [0.25, 0.3) is 0 Å². The predicted molar refractivity (Wildman–Crippen MR) is 111 cm³/mol. The summed E-state index contributed by atoms with van der Waals surface area (Å²) in [4.78, 5) is 24.2. The van der Waals surface area contributed by atoms with Crippen LogP contribution in [0.3, 0.4) is 0 Å². The Morgan fingerprint density at radius 1 is 1.12 bits per heavy atom. The van der Waals surface area contributed by atoms with Gasteiger partial charge in [-0.05, 0) is 81.1 Å². The van der Waals surface area contributed by atoms with Gasteiger partial charge in [0.15, 0.2) is 5.11 Å². The molecule has 2 amide bonds. The van der Waals surface area contributed by atoms with Crippen molar-refractivity contribution in [3.8, 4) is 5.75 Å². The molecule has 0 unspecified atom stereocenters. The molecule has 0 saturated carbocycles. The van der Waals surface area contributed by atoms with E-state index in [1.165, 1.54) is 0 Å². The van der Waals surface area contributed by atoms with E-state index < -0.39 is 11.8 Å². The lowest BCUT2D eigenvalue weighted by atomic mass is 10.2. The highest BCUT2D eigenvalue weighted by Gasteiger charge is 2.12. The van der Waals surface area contributed by atoms with E-state index in [1.54, 1.807) is 49.6 Å². The summed E-state index contributed by atoms with van der Waals surface area (Å²) in [6, 6.07) is 11.9. The number of amides is 2. The SMILES string of the molecule is COc1ccc(C(=O)NNC(=S)NC(=O)c2ccccc2Br)cc1I. The summed E-state index contributed by atoms with van der Waals surface area (Å²) >= 11 is 10.4. The van der Waals surface area contributed by atoms with Crippen LogP contribution >= 0.6 is 50.7 Å². The molecule has 0 aliphatic rings. The second-order valence-electron chi connectivity index (χ2n) is 4.69. The van der Waals surface area contributed by atoms with Gasteiger partial charge in [0, 0.05) is 10.0 Å². The molecule has 0 aromatic heterocycles. The summed E-state index contributed by atoms with van der Waals surface area (Å²) in [6.07, 6.45) is 0. The molecule has 130 valence electrons. The quantitative estimate of drug-likeness (QED) is 0.321. The zero-order valence-corrected chi connectivity index (χ0v) is 17.5. The highest BCUT2D eigenvalue weighted by atomic mass is 127. The Labute approximate surface area is 171 Å². The van der Waals surface area contributed by atoms with Crippen LogP contribution in [0, 0.1) is 3.57 Å².